The topological polar surface area (TPSA) is 114 Å². The zero-order valence-electron chi connectivity index (χ0n) is 17.8. The Hall–Kier alpha value is -2.46. The van der Waals surface area contributed by atoms with E-state index < -0.39 is 5.97 Å². The summed E-state index contributed by atoms with van der Waals surface area (Å²) in [6.45, 7) is 6.83. The van der Waals surface area contributed by atoms with E-state index in [0.717, 1.165) is 24.2 Å². The molecule has 1 aromatic heterocycles. The summed E-state index contributed by atoms with van der Waals surface area (Å²) in [5.41, 5.74) is 0.658. The highest BCUT2D eigenvalue weighted by Gasteiger charge is 2.29. The van der Waals surface area contributed by atoms with Crippen LogP contribution in [0.1, 0.15) is 52.3 Å². The maximum absolute atomic E-state index is 12.7. The molecule has 1 aliphatic heterocycles. The molecule has 0 radical (unpaired) electrons. The minimum absolute atomic E-state index is 0.0738. The molecule has 166 valence electrons. The first kappa shape index (κ1) is 23.8. The minimum atomic E-state index is -0.586. The first-order valence-corrected chi connectivity index (χ1v) is 10.8. The molecule has 30 heavy (non-hydrogen) atoms. The number of esters is 2. The van der Waals surface area contributed by atoms with Crippen LogP contribution in [0.2, 0.25) is 0 Å². The van der Waals surface area contributed by atoms with Gasteiger partial charge < -0.3 is 20.1 Å². The van der Waals surface area contributed by atoms with Crippen LogP contribution >= 0.6 is 11.3 Å². The summed E-state index contributed by atoms with van der Waals surface area (Å²) in [5, 5.41) is 5.57. The lowest BCUT2D eigenvalue weighted by atomic mass is 9.98. The van der Waals surface area contributed by atoms with Gasteiger partial charge in [-0.15, -0.1) is 11.3 Å². The van der Waals surface area contributed by atoms with Crippen molar-refractivity contribution in [1.29, 1.82) is 0 Å². The Morgan fingerprint density at radius 3 is 2.50 bits per heavy atom. The summed E-state index contributed by atoms with van der Waals surface area (Å²) < 4.78 is 10.2. The zero-order chi connectivity index (χ0) is 22.3. The number of likely N-dealkylation sites (tertiary alicyclic amines) is 1. The van der Waals surface area contributed by atoms with E-state index in [4.69, 9.17) is 9.47 Å². The highest BCUT2D eigenvalue weighted by Crippen LogP contribution is 2.34. The summed E-state index contributed by atoms with van der Waals surface area (Å²) >= 11 is 1.04. The van der Waals surface area contributed by atoms with Crippen molar-refractivity contribution in [3.8, 4) is 0 Å². The average Bonchev–Trinajstić information content (AvgIpc) is 3.03. The first-order chi connectivity index (χ1) is 14.3. The largest absolute Gasteiger partial charge is 0.466 e. The Balaban J connectivity index is 2.12. The molecule has 2 rings (SSSR count). The normalized spacial score (nSPS) is 16.6. The van der Waals surface area contributed by atoms with Gasteiger partial charge in [0.1, 0.15) is 5.00 Å². The second kappa shape index (κ2) is 11.1. The van der Waals surface area contributed by atoms with E-state index in [0.29, 0.717) is 30.1 Å². The van der Waals surface area contributed by atoms with Gasteiger partial charge in [-0.25, -0.2) is 4.79 Å². The van der Waals surface area contributed by atoms with Crippen molar-refractivity contribution < 1.29 is 28.7 Å². The van der Waals surface area contributed by atoms with E-state index in [2.05, 4.69) is 10.6 Å². The number of anilines is 1. The smallest absolute Gasteiger partial charge is 0.341 e. The molecule has 1 saturated heterocycles. The lowest BCUT2D eigenvalue weighted by Gasteiger charge is -2.30. The summed E-state index contributed by atoms with van der Waals surface area (Å²) in [4.78, 5) is 51.4. The molecule has 0 aliphatic carbocycles. The lowest BCUT2D eigenvalue weighted by molar-refractivity contribution is -0.150. The van der Waals surface area contributed by atoms with Crippen LogP contribution in [0.4, 0.5) is 5.00 Å². The second-order valence-corrected chi connectivity index (χ2v) is 7.96. The SMILES string of the molecule is CCOC(=O)c1c(NC(=O)CN2CCC[C@H](C(=O)OCC)C2)sc(C(=O)NC)c1C. The van der Waals surface area contributed by atoms with Crippen LogP contribution in [0.5, 0.6) is 0 Å². The second-order valence-electron chi connectivity index (χ2n) is 6.93. The molecule has 10 heteroatoms. The number of thiophene rings is 1. The van der Waals surface area contributed by atoms with E-state index in [9.17, 15) is 19.2 Å². The van der Waals surface area contributed by atoms with Gasteiger partial charge in [0, 0.05) is 13.6 Å². The Morgan fingerprint density at radius 2 is 1.87 bits per heavy atom. The van der Waals surface area contributed by atoms with Crippen LogP contribution in [0.15, 0.2) is 0 Å². The van der Waals surface area contributed by atoms with E-state index >= 15 is 0 Å². The molecule has 0 saturated carbocycles. The van der Waals surface area contributed by atoms with Gasteiger partial charge in [-0.1, -0.05) is 0 Å². The summed E-state index contributed by atoms with van der Waals surface area (Å²) in [5.74, 6) is -1.73. The fraction of sp³-hybridized carbons (Fsp3) is 0.600. The van der Waals surface area contributed by atoms with E-state index in [1.54, 1.807) is 20.8 Å². The van der Waals surface area contributed by atoms with Crippen molar-refractivity contribution in [2.75, 3.05) is 45.2 Å². The molecule has 2 N–H and O–H groups in total. The number of amides is 2. The third kappa shape index (κ3) is 5.79. The van der Waals surface area contributed by atoms with Crippen molar-refractivity contribution in [3.05, 3.63) is 16.0 Å². The predicted octanol–water partition coefficient (Wildman–Crippen LogP) is 1.81. The standard InChI is InChI=1S/C20H29N3O6S/c1-5-28-19(26)13-8-7-9-23(10-13)11-14(24)22-18-15(20(27)29-6-2)12(3)16(30-18)17(25)21-4/h13H,5-11H2,1-4H3,(H,21,25)(H,22,24)/t13-/m0/s1. The summed E-state index contributed by atoms with van der Waals surface area (Å²) in [6, 6.07) is 0. The number of carbonyl (C=O) groups excluding carboxylic acids is 4. The fourth-order valence-corrected chi connectivity index (χ4v) is 4.56. The van der Waals surface area contributed by atoms with Crippen molar-refractivity contribution >= 4 is 40.1 Å². The van der Waals surface area contributed by atoms with Gasteiger partial charge in [-0.05, 0) is 45.7 Å². The summed E-state index contributed by atoms with van der Waals surface area (Å²) in [6.07, 6.45) is 1.54. The van der Waals surface area contributed by atoms with Crippen LogP contribution < -0.4 is 10.6 Å². The number of rotatable bonds is 8. The molecular weight excluding hydrogens is 410 g/mol. The Labute approximate surface area is 180 Å². The molecule has 1 atom stereocenters. The molecule has 1 aliphatic rings. The average molecular weight is 440 g/mol. The quantitative estimate of drug-likeness (QED) is 0.594. The first-order valence-electron chi connectivity index (χ1n) is 10.0. The third-order valence-corrected chi connectivity index (χ3v) is 6.01. The van der Waals surface area contributed by atoms with Gasteiger partial charge >= 0.3 is 11.9 Å². The molecule has 2 amide bonds. The molecule has 1 fully saturated rings. The van der Waals surface area contributed by atoms with Crippen LogP contribution in [-0.2, 0) is 19.1 Å². The van der Waals surface area contributed by atoms with Gasteiger partial charge in [0.25, 0.3) is 5.91 Å². The van der Waals surface area contributed by atoms with Crippen molar-refractivity contribution in [1.82, 2.24) is 10.2 Å². The third-order valence-electron chi connectivity index (χ3n) is 4.81. The van der Waals surface area contributed by atoms with Crippen molar-refractivity contribution in [3.63, 3.8) is 0 Å². The maximum Gasteiger partial charge on any atom is 0.341 e. The Morgan fingerprint density at radius 1 is 1.17 bits per heavy atom. The lowest BCUT2D eigenvalue weighted by Crippen LogP contribution is -2.43. The van der Waals surface area contributed by atoms with Crippen molar-refractivity contribution in [2.45, 2.75) is 33.6 Å². The molecular formula is C20H29N3O6S. The molecule has 2 heterocycles. The number of nitrogens with one attached hydrogen (secondary N) is 2. The molecule has 0 aromatic carbocycles. The van der Waals surface area contributed by atoms with Crippen LogP contribution in [0.3, 0.4) is 0 Å². The van der Waals surface area contributed by atoms with Crippen molar-refractivity contribution in [2.24, 2.45) is 5.92 Å². The molecule has 0 bridgehead atoms. The van der Waals surface area contributed by atoms with Gasteiger partial charge in [-0.3, -0.25) is 19.3 Å². The molecule has 1 aromatic rings. The zero-order valence-corrected chi connectivity index (χ0v) is 18.6. The molecule has 0 spiro atoms. The van der Waals surface area contributed by atoms with Gasteiger partial charge in [0.2, 0.25) is 5.91 Å². The van der Waals surface area contributed by atoms with Crippen LogP contribution in [0.25, 0.3) is 0 Å². The van der Waals surface area contributed by atoms with Gasteiger partial charge in [0.15, 0.2) is 0 Å². The van der Waals surface area contributed by atoms with Crippen LogP contribution in [-0.4, -0.2) is 68.5 Å². The van der Waals surface area contributed by atoms with Gasteiger partial charge in [-0.2, -0.15) is 0 Å². The number of nitrogens with zero attached hydrogens (tertiary/aromatic N) is 1. The highest BCUT2D eigenvalue weighted by atomic mass is 32.1. The Kier molecular flexibility index (Phi) is 8.79. The molecule has 9 nitrogen and oxygen atoms in total. The highest BCUT2D eigenvalue weighted by molar-refractivity contribution is 7.18. The number of hydrogen-bond acceptors (Lipinski definition) is 8. The summed E-state index contributed by atoms with van der Waals surface area (Å²) in [7, 11) is 1.50. The monoisotopic (exact) mass is 439 g/mol. The van der Waals surface area contributed by atoms with Gasteiger partial charge in [0.05, 0.1) is 36.1 Å². The van der Waals surface area contributed by atoms with E-state index in [-0.39, 0.29) is 47.4 Å². The van der Waals surface area contributed by atoms with E-state index in [1.807, 2.05) is 4.90 Å². The number of carbonyl (C=O) groups is 4. The van der Waals surface area contributed by atoms with E-state index in [1.165, 1.54) is 7.05 Å². The number of piperidine rings is 1. The van der Waals surface area contributed by atoms with Crippen LogP contribution in [0, 0.1) is 12.8 Å². The fourth-order valence-electron chi connectivity index (χ4n) is 3.40. The number of ether oxygens (including phenoxy) is 2. The minimum Gasteiger partial charge on any atom is -0.466 e. The predicted molar refractivity (Wildman–Crippen MR) is 113 cm³/mol. The Bertz CT molecular complexity index is 807. The molecule has 0 unspecified atom stereocenters. The number of hydrogen-bond donors (Lipinski definition) is 2. The maximum atomic E-state index is 12.7.